The molecule has 1 saturated carbocycles. The minimum absolute atomic E-state index is 0.0289. The van der Waals surface area contributed by atoms with Crippen LogP contribution in [0.4, 0.5) is 33.9 Å². The number of amides is 3. The van der Waals surface area contributed by atoms with Crippen LogP contribution in [-0.2, 0) is 14.3 Å². The molecule has 2 aliphatic rings. The van der Waals surface area contributed by atoms with Crippen molar-refractivity contribution in [3.05, 3.63) is 88.6 Å². The van der Waals surface area contributed by atoms with E-state index in [-0.39, 0.29) is 40.7 Å². The molecule has 2 fully saturated rings. The van der Waals surface area contributed by atoms with E-state index in [2.05, 4.69) is 10.3 Å². The summed E-state index contributed by atoms with van der Waals surface area (Å²) in [7, 11) is 0. The van der Waals surface area contributed by atoms with Gasteiger partial charge in [0, 0.05) is 54.6 Å². The second kappa shape index (κ2) is 12.5. The van der Waals surface area contributed by atoms with Gasteiger partial charge in [0.15, 0.2) is 0 Å². The third kappa shape index (κ3) is 6.60. The lowest BCUT2D eigenvalue weighted by Crippen LogP contribution is -2.55. The highest BCUT2D eigenvalue weighted by Crippen LogP contribution is 2.39. The van der Waals surface area contributed by atoms with Crippen molar-refractivity contribution in [3.63, 3.8) is 0 Å². The number of pyridine rings is 1. The number of aromatic nitrogens is 1. The van der Waals surface area contributed by atoms with Crippen molar-refractivity contribution in [1.82, 2.24) is 10.3 Å². The first-order valence-electron chi connectivity index (χ1n) is 13.5. The number of nitrogens with one attached hydrogen (secondary N) is 1. The van der Waals surface area contributed by atoms with Crippen LogP contribution in [0.1, 0.15) is 42.9 Å². The highest BCUT2D eigenvalue weighted by Gasteiger charge is 2.47. The molecule has 3 amide bonds. The van der Waals surface area contributed by atoms with Gasteiger partial charge in [-0.05, 0) is 30.3 Å². The Morgan fingerprint density at radius 1 is 1.16 bits per heavy atom. The smallest absolute Gasteiger partial charge is 0.415 e. The molecule has 1 aromatic heterocycles. The topological polar surface area (TPSA) is 116 Å². The molecule has 228 valence electrons. The van der Waals surface area contributed by atoms with Crippen molar-refractivity contribution in [2.24, 2.45) is 0 Å². The van der Waals surface area contributed by atoms with Gasteiger partial charge < -0.3 is 10.1 Å². The molecule has 0 spiro atoms. The lowest BCUT2D eigenvalue weighted by molar-refractivity contribution is -0.132. The third-order valence-electron chi connectivity index (χ3n) is 7.31. The minimum atomic E-state index is -2.96. The number of hydrogen-bond donors (Lipinski definition) is 1. The van der Waals surface area contributed by atoms with E-state index < -0.39 is 72.9 Å². The maximum absolute atomic E-state index is 14.5. The largest absolute Gasteiger partial charge is 0.449 e. The number of alkyl halides is 2. The number of rotatable bonds is 8. The summed E-state index contributed by atoms with van der Waals surface area (Å²) in [6.45, 7) is -0.0653. The van der Waals surface area contributed by atoms with Crippen LogP contribution in [0.2, 0.25) is 5.02 Å². The summed E-state index contributed by atoms with van der Waals surface area (Å²) in [5, 5.41) is 11.8. The number of benzene rings is 2. The standard InChI is InChI=1S/C30H24ClF4N5O4/c31-24-4-2-1-3-23(24)27(28(42)38-20-14-30(34,35)15-20)40(22-11-18(32)10-19(33)12-22)26(41)13-21-6-8-44-29(43)39(21)25-9-17(16-36)5-7-37-25/h1-5,7,9-12,20-21,27H,6,8,13-15H2,(H,38,42)/t21-,27-/m0/s1. The summed E-state index contributed by atoms with van der Waals surface area (Å²) in [4.78, 5) is 46.9. The second-order valence-electron chi connectivity index (χ2n) is 10.4. The maximum Gasteiger partial charge on any atom is 0.415 e. The van der Waals surface area contributed by atoms with Gasteiger partial charge in [0.2, 0.25) is 11.8 Å². The zero-order valence-electron chi connectivity index (χ0n) is 22.9. The van der Waals surface area contributed by atoms with E-state index in [4.69, 9.17) is 16.3 Å². The van der Waals surface area contributed by atoms with Gasteiger partial charge >= 0.3 is 6.09 Å². The Morgan fingerprint density at radius 2 is 1.86 bits per heavy atom. The average Bonchev–Trinajstić information content (AvgIpc) is 2.95. The summed E-state index contributed by atoms with van der Waals surface area (Å²) in [5.41, 5.74) is -0.0903. The molecule has 0 unspecified atom stereocenters. The molecule has 5 rings (SSSR count). The molecule has 2 aromatic carbocycles. The Kier molecular flexibility index (Phi) is 8.73. The summed E-state index contributed by atoms with van der Waals surface area (Å²) >= 11 is 6.44. The summed E-state index contributed by atoms with van der Waals surface area (Å²) in [6, 6.07) is 9.47. The first-order chi connectivity index (χ1) is 21.0. The van der Waals surface area contributed by atoms with Crippen molar-refractivity contribution in [1.29, 1.82) is 5.26 Å². The predicted octanol–water partition coefficient (Wildman–Crippen LogP) is 5.68. The van der Waals surface area contributed by atoms with E-state index in [1.165, 1.54) is 36.5 Å². The summed E-state index contributed by atoms with van der Waals surface area (Å²) in [6.07, 6.45) is -1.14. The van der Waals surface area contributed by atoms with Crippen molar-refractivity contribution in [2.75, 3.05) is 16.4 Å². The molecule has 1 aliphatic carbocycles. The van der Waals surface area contributed by atoms with E-state index in [9.17, 15) is 37.2 Å². The first-order valence-corrected chi connectivity index (χ1v) is 13.9. The molecule has 3 aromatic rings. The van der Waals surface area contributed by atoms with Gasteiger partial charge in [0.25, 0.3) is 5.92 Å². The van der Waals surface area contributed by atoms with Gasteiger partial charge in [-0.25, -0.2) is 27.3 Å². The van der Waals surface area contributed by atoms with E-state index >= 15 is 0 Å². The fourth-order valence-electron chi connectivity index (χ4n) is 5.28. The van der Waals surface area contributed by atoms with E-state index in [1.54, 1.807) is 6.07 Å². The van der Waals surface area contributed by atoms with Gasteiger partial charge in [-0.2, -0.15) is 5.26 Å². The number of carbonyl (C=O) groups excluding carboxylic acids is 3. The van der Waals surface area contributed by atoms with Crippen LogP contribution < -0.4 is 15.1 Å². The van der Waals surface area contributed by atoms with Crippen LogP contribution in [0, 0.1) is 23.0 Å². The highest BCUT2D eigenvalue weighted by atomic mass is 35.5. The van der Waals surface area contributed by atoms with Gasteiger partial charge in [0.1, 0.15) is 23.5 Å². The zero-order valence-corrected chi connectivity index (χ0v) is 23.6. The molecular formula is C30H24ClF4N5O4. The molecule has 1 saturated heterocycles. The predicted molar refractivity (Wildman–Crippen MR) is 150 cm³/mol. The van der Waals surface area contributed by atoms with E-state index in [1.807, 2.05) is 6.07 Å². The Bertz CT molecular complexity index is 1620. The zero-order chi connectivity index (χ0) is 31.6. The molecule has 44 heavy (non-hydrogen) atoms. The molecule has 0 radical (unpaired) electrons. The van der Waals surface area contributed by atoms with Crippen molar-refractivity contribution in [3.8, 4) is 6.07 Å². The Labute approximate surface area is 254 Å². The molecule has 2 atom stereocenters. The fraction of sp³-hybridized carbons (Fsp3) is 0.300. The maximum atomic E-state index is 14.5. The molecule has 1 aliphatic heterocycles. The van der Waals surface area contributed by atoms with Gasteiger partial charge in [0.05, 0.1) is 30.0 Å². The Balaban J connectivity index is 1.56. The van der Waals surface area contributed by atoms with Crippen LogP contribution in [0.15, 0.2) is 60.8 Å². The van der Waals surface area contributed by atoms with Crippen LogP contribution in [0.3, 0.4) is 0 Å². The number of cyclic esters (lactones) is 1. The van der Waals surface area contributed by atoms with Crippen molar-refractivity contribution in [2.45, 2.75) is 49.7 Å². The number of carbonyl (C=O) groups is 3. The third-order valence-corrected chi connectivity index (χ3v) is 7.65. The lowest BCUT2D eigenvalue weighted by atomic mass is 9.87. The Morgan fingerprint density at radius 3 is 2.52 bits per heavy atom. The van der Waals surface area contributed by atoms with Crippen molar-refractivity contribution >= 4 is 41.0 Å². The van der Waals surface area contributed by atoms with Crippen molar-refractivity contribution < 1.29 is 36.7 Å². The second-order valence-corrected chi connectivity index (χ2v) is 10.8. The van der Waals surface area contributed by atoms with E-state index in [0.717, 1.165) is 21.9 Å². The summed E-state index contributed by atoms with van der Waals surface area (Å²) < 4.78 is 61.4. The van der Waals surface area contributed by atoms with Crippen LogP contribution in [0.5, 0.6) is 0 Å². The van der Waals surface area contributed by atoms with Crippen LogP contribution in [0.25, 0.3) is 0 Å². The molecule has 14 heteroatoms. The SMILES string of the molecule is N#Cc1ccnc(N2C(=O)OCC[C@H]2CC(=O)N(c2cc(F)cc(F)c2)[C@H](C(=O)NC2CC(F)(F)C2)c2ccccc2Cl)c1. The molecule has 9 nitrogen and oxygen atoms in total. The molecule has 2 heterocycles. The molecular weight excluding hydrogens is 606 g/mol. The van der Waals surface area contributed by atoms with E-state index in [0.29, 0.717) is 6.07 Å². The number of halogens is 5. The lowest BCUT2D eigenvalue weighted by Gasteiger charge is -2.39. The number of nitriles is 1. The fourth-order valence-corrected chi connectivity index (χ4v) is 5.52. The number of hydrogen-bond acceptors (Lipinski definition) is 6. The quantitative estimate of drug-likeness (QED) is 0.321. The van der Waals surface area contributed by atoms with Gasteiger partial charge in [-0.15, -0.1) is 0 Å². The number of ether oxygens (including phenoxy) is 1. The van der Waals surface area contributed by atoms with Gasteiger partial charge in [-0.1, -0.05) is 29.8 Å². The number of nitrogens with zero attached hydrogens (tertiary/aromatic N) is 4. The first kappa shape index (κ1) is 30.7. The molecule has 1 N–H and O–H groups in total. The number of anilines is 2. The Hall–Kier alpha value is -4.70. The minimum Gasteiger partial charge on any atom is -0.449 e. The molecule has 0 bridgehead atoms. The normalized spacial score (nSPS) is 18.4. The monoisotopic (exact) mass is 629 g/mol. The van der Waals surface area contributed by atoms with Crippen LogP contribution in [-0.4, -0.2) is 47.5 Å². The van der Waals surface area contributed by atoms with Gasteiger partial charge in [-0.3, -0.25) is 19.4 Å². The highest BCUT2D eigenvalue weighted by molar-refractivity contribution is 6.31. The average molecular weight is 630 g/mol. The van der Waals surface area contributed by atoms with Crippen LogP contribution >= 0.6 is 11.6 Å². The summed E-state index contributed by atoms with van der Waals surface area (Å²) in [5.74, 6) is -6.78.